The first kappa shape index (κ1) is 18.0. The number of carbonyl (C=O) groups is 1. The number of morpholine rings is 1. The lowest BCUT2D eigenvalue weighted by atomic mass is 10.1. The van der Waals surface area contributed by atoms with Crippen molar-refractivity contribution in [3.05, 3.63) is 0 Å². The summed E-state index contributed by atoms with van der Waals surface area (Å²) in [4.78, 5) is 16.5. The molecule has 3 saturated heterocycles. The second-order valence-corrected chi connectivity index (χ2v) is 5.61. The van der Waals surface area contributed by atoms with Crippen molar-refractivity contribution in [1.29, 1.82) is 0 Å². The summed E-state index contributed by atoms with van der Waals surface area (Å²) >= 11 is 0. The van der Waals surface area contributed by atoms with E-state index in [1.807, 2.05) is 4.90 Å². The highest BCUT2D eigenvalue weighted by Crippen LogP contribution is 2.17. The molecule has 3 rings (SSSR count). The zero-order valence-electron chi connectivity index (χ0n) is 11.8. The first-order valence-electron chi connectivity index (χ1n) is 7.18. The Morgan fingerprint density at radius 3 is 2.60 bits per heavy atom. The number of hydrogen-bond acceptors (Lipinski definition) is 4. The normalized spacial score (nSPS) is 30.1. The van der Waals surface area contributed by atoms with Crippen molar-refractivity contribution in [3.8, 4) is 0 Å². The van der Waals surface area contributed by atoms with Crippen molar-refractivity contribution in [2.75, 3.05) is 45.9 Å². The summed E-state index contributed by atoms with van der Waals surface area (Å²) in [5, 5.41) is 3.47. The van der Waals surface area contributed by atoms with Crippen LogP contribution in [0.1, 0.15) is 19.3 Å². The van der Waals surface area contributed by atoms with Crippen molar-refractivity contribution in [2.45, 2.75) is 31.4 Å². The van der Waals surface area contributed by atoms with Crippen LogP contribution >= 0.6 is 24.8 Å². The number of nitrogens with zero attached hydrogens (tertiary/aromatic N) is 2. The van der Waals surface area contributed by atoms with Crippen LogP contribution in [0, 0.1) is 0 Å². The lowest BCUT2D eigenvalue weighted by Crippen LogP contribution is -2.47. The van der Waals surface area contributed by atoms with E-state index in [1.54, 1.807) is 0 Å². The zero-order chi connectivity index (χ0) is 12.4. The first-order chi connectivity index (χ1) is 8.83. The summed E-state index contributed by atoms with van der Waals surface area (Å²) in [6.45, 7) is 6.06. The Hall–Kier alpha value is -0.0700. The van der Waals surface area contributed by atoms with Crippen molar-refractivity contribution in [3.63, 3.8) is 0 Å². The van der Waals surface area contributed by atoms with Crippen molar-refractivity contribution >= 4 is 30.7 Å². The predicted octanol–water partition coefficient (Wildman–Crippen LogP) is 0.515. The quantitative estimate of drug-likeness (QED) is 0.803. The molecule has 7 heteroatoms. The zero-order valence-corrected chi connectivity index (χ0v) is 13.4. The molecule has 118 valence electrons. The van der Waals surface area contributed by atoms with E-state index in [1.165, 1.54) is 19.3 Å². The molecule has 3 aliphatic rings. The van der Waals surface area contributed by atoms with Gasteiger partial charge in [-0.3, -0.25) is 9.69 Å². The van der Waals surface area contributed by atoms with Gasteiger partial charge in [0.2, 0.25) is 5.91 Å². The maximum atomic E-state index is 12.2. The fourth-order valence-corrected chi connectivity index (χ4v) is 3.24. The SMILES string of the molecule is Cl.Cl.O=C(CN1C[C@@H]2NCCO[C@H]2C1)N1CCCCC1. The smallest absolute Gasteiger partial charge is 0.236 e. The molecule has 5 nitrogen and oxygen atoms in total. The van der Waals surface area contributed by atoms with Crippen molar-refractivity contribution in [2.24, 2.45) is 0 Å². The van der Waals surface area contributed by atoms with Crippen LogP contribution in [0.15, 0.2) is 0 Å². The van der Waals surface area contributed by atoms with Gasteiger partial charge in [0, 0.05) is 38.8 Å². The molecule has 2 atom stereocenters. The number of fused-ring (bicyclic) bond motifs is 1. The number of ether oxygens (including phenoxy) is 1. The number of halogens is 2. The lowest BCUT2D eigenvalue weighted by molar-refractivity contribution is -0.133. The van der Waals surface area contributed by atoms with E-state index in [0.717, 1.165) is 39.3 Å². The van der Waals surface area contributed by atoms with Gasteiger partial charge < -0.3 is 15.0 Å². The van der Waals surface area contributed by atoms with Crippen LogP contribution in [-0.2, 0) is 9.53 Å². The highest BCUT2D eigenvalue weighted by atomic mass is 35.5. The minimum absolute atomic E-state index is 0. The highest BCUT2D eigenvalue weighted by Gasteiger charge is 2.36. The number of piperidine rings is 1. The summed E-state index contributed by atoms with van der Waals surface area (Å²) in [5.41, 5.74) is 0. The van der Waals surface area contributed by atoms with E-state index in [9.17, 15) is 4.79 Å². The largest absolute Gasteiger partial charge is 0.374 e. The Morgan fingerprint density at radius 1 is 1.15 bits per heavy atom. The summed E-state index contributed by atoms with van der Waals surface area (Å²) in [6, 6.07) is 0.424. The third kappa shape index (κ3) is 4.21. The molecule has 0 aromatic heterocycles. The molecule has 1 amide bonds. The van der Waals surface area contributed by atoms with Gasteiger partial charge >= 0.3 is 0 Å². The summed E-state index contributed by atoms with van der Waals surface area (Å²) in [6.07, 6.45) is 3.89. The van der Waals surface area contributed by atoms with Crippen LogP contribution in [0.25, 0.3) is 0 Å². The molecule has 3 aliphatic heterocycles. The van der Waals surface area contributed by atoms with Crippen LogP contribution in [0.4, 0.5) is 0 Å². The standard InChI is InChI=1S/C13H23N3O2.2ClH/c17-13(16-5-2-1-3-6-16)10-15-8-11-12(9-15)18-7-4-14-11;;/h11-12,14H,1-10H2;2*1H/t11-,12-;;/m0../s1. The molecule has 0 radical (unpaired) electrons. The van der Waals surface area contributed by atoms with Gasteiger partial charge in [-0.2, -0.15) is 0 Å². The third-order valence-corrected chi connectivity index (χ3v) is 4.25. The average molecular weight is 326 g/mol. The summed E-state index contributed by atoms with van der Waals surface area (Å²) < 4.78 is 5.73. The molecule has 1 N–H and O–H groups in total. The second-order valence-electron chi connectivity index (χ2n) is 5.61. The number of amides is 1. The third-order valence-electron chi connectivity index (χ3n) is 4.25. The minimum Gasteiger partial charge on any atom is -0.374 e. The molecule has 0 saturated carbocycles. The highest BCUT2D eigenvalue weighted by molar-refractivity contribution is 5.85. The molecule has 3 fully saturated rings. The molecule has 0 aromatic rings. The number of hydrogen-bond donors (Lipinski definition) is 1. The van der Waals surface area contributed by atoms with Crippen LogP contribution < -0.4 is 5.32 Å². The molecule has 0 aliphatic carbocycles. The lowest BCUT2D eigenvalue weighted by Gasteiger charge is -2.28. The van der Waals surface area contributed by atoms with Gasteiger partial charge in [-0.05, 0) is 19.3 Å². The molecular weight excluding hydrogens is 301 g/mol. The van der Waals surface area contributed by atoms with Gasteiger partial charge in [0.25, 0.3) is 0 Å². The molecule has 20 heavy (non-hydrogen) atoms. The Kier molecular flexibility index (Phi) is 7.54. The van der Waals surface area contributed by atoms with Crippen LogP contribution in [-0.4, -0.2) is 73.7 Å². The van der Waals surface area contributed by atoms with Crippen LogP contribution in [0.5, 0.6) is 0 Å². The van der Waals surface area contributed by atoms with Crippen LogP contribution in [0.2, 0.25) is 0 Å². The van der Waals surface area contributed by atoms with E-state index < -0.39 is 0 Å². The van der Waals surface area contributed by atoms with Gasteiger partial charge in [-0.25, -0.2) is 0 Å². The predicted molar refractivity (Wildman–Crippen MR) is 82.9 cm³/mol. The van der Waals surface area contributed by atoms with Gasteiger partial charge in [0.1, 0.15) is 0 Å². The maximum Gasteiger partial charge on any atom is 0.236 e. The van der Waals surface area contributed by atoms with Gasteiger partial charge in [-0.1, -0.05) is 0 Å². The Bertz CT molecular complexity index is 300. The minimum atomic E-state index is 0. The van der Waals surface area contributed by atoms with E-state index >= 15 is 0 Å². The topological polar surface area (TPSA) is 44.8 Å². The monoisotopic (exact) mass is 325 g/mol. The second kappa shape index (κ2) is 8.39. The van der Waals surface area contributed by atoms with Crippen molar-refractivity contribution < 1.29 is 9.53 Å². The van der Waals surface area contributed by atoms with E-state index in [0.29, 0.717) is 18.5 Å². The maximum absolute atomic E-state index is 12.2. The Labute approximate surface area is 133 Å². The molecule has 3 heterocycles. The fraction of sp³-hybridized carbons (Fsp3) is 0.923. The average Bonchev–Trinajstić information content (AvgIpc) is 2.82. The number of carbonyl (C=O) groups excluding carboxylic acids is 1. The molecule has 0 unspecified atom stereocenters. The Balaban J connectivity index is 0.000001000. The first-order valence-corrected chi connectivity index (χ1v) is 7.18. The molecule has 0 bridgehead atoms. The van der Waals surface area contributed by atoms with E-state index in [4.69, 9.17) is 4.74 Å². The number of nitrogens with one attached hydrogen (secondary N) is 1. The summed E-state index contributed by atoms with van der Waals surface area (Å²) in [5.74, 6) is 0.299. The van der Waals surface area contributed by atoms with E-state index in [2.05, 4.69) is 10.2 Å². The number of likely N-dealkylation sites (tertiary alicyclic amines) is 2. The van der Waals surface area contributed by atoms with Gasteiger partial charge in [0.05, 0.1) is 19.3 Å². The van der Waals surface area contributed by atoms with Crippen molar-refractivity contribution in [1.82, 2.24) is 15.1 Å². The fourth-order valence-electron chi connectivity index (χ4n) is 3.24. The molecule has 0 aromatic carbocycles. The Morgan fingerprint density at radius 2 is 1.90 bits per heavy atom. The van der Waals surface area contributed by atoms with Gasteiger partial charge in [-0.15, -0.1) is 24.8 Å². The van der Waals surface area contributed by atoms with Crippen LogP contribution in [0.3, 0.4) is 0 Å². The number of rotatable bonds is 2. The summed E-state index contributed by atoms with van der Waals surface area (Å²) in [7, 11) is 0. The van der Waals surface area contributed by atoms with E-state index in [-0.39, 0.29) is 30.9 Å². The molecule has 0 spiro atoms. The molecular formula is C13H25Cl2N3O2. The van der Waals surface area contributed by atoms with Gasteiger partial charge in [0.15, 0.2) is 0 Å².